The Bertz CT molecular complexity index is 1290. The first-order valence-corrected chi connectivity index (χ1v) is 10.3. The first kappa shape index (κ1) is 23.8. The molecule has 0 radical (unpaired) electrons. The number of pyridine rings is 2. The van der Waals surface area contributed by atoms with Gasteiger partial charge in [0.05, 0.1) is 17.8 Å². The molecule has 0 saturated carbocycles. The minimum atomic E-state index is -1.10. The van der Waals surface area contributed by atoms with Crippen molar-refractivity contribution in [2.75, 3.05) is 0 Å². The highest BCUT2D eigenvalue weighted by Crippen LogP contribution is 2.28. The molecule has 1 aromatic carbocycles. The third kappa shape index (κ3) is 5.32. The van der Waals surface area contributed by atoms with Crippen molar-refractivity contribution in [3.05, 3.63) is 81.9 Å². The summed E-state index contributed by atoms with van der Waals surface area (Å²) in [6.07, 6.45) is 4.18. The molecule has 0 fully saturated rings. The number of rotatable bonds is 8. The van der Waals surface area contributed by atoms with Gasteiger partial charge in [0.15, 0.2) is 5.82 Å². The first-order chi connectivity index (χ1) is 15.6. The Kier molecular flexibility index (Phi) is 7.68. The number of aromatic nitrogens is 6. The van der Waals surface area contributed by atoms with Crippen molar-refractivity contribution >= 4 is 18.4 Å². The van der Waals surface area contributed by atoms with Crippen molar-refractivity contribution in [2.45, 2.75) is 32.7 Å². The van der Waals surface area contributed by atoms with E-state index in [2.05, 4.69) is 32.5 Å². The highest BCUT2D eigenvalue weighted by Gasteiger charge is 2.13. The first-order valence-electron chi connectivity index (χ1n) is 10.3. The average molecular weight is 467 g/mol. The molecule has 0 aliphatic carbocycles. The number of carbonyl (C=O) groups is 1. The molecule has 0 aliphatic heterocycles. The second kappa shape index (κ2) is 10.6. The van der Waals surface area contributed by atoms with Gasteiger partial charge in [-0.2, -0.15) is 0 Å². The normalized spacial score (nSPS) is 10.6. The SMILES string of the molecule is CCCCc1cc(C(=O)O)cc(=O)n1Cc1ccc(-c2ccccc2-c2nnn[nH]2)nc1.Cl. The van der Waals surface area contributed by atoms with Gasteiger partial charge in [-0.3, -0.25) is 9.78 Å². The molecule has 0 atom stereocenters. The van der Waals surface area contributed by atoms with E-state index in [9.17, 15) is 14.7 Å². The van der Waals surface area contributed by atoms with Gasteiger partial charge in [0.2, 0.25) is 0 Å². The summed E-state index contributed by atoms with van der Waals surface area (Å²) < 4.78 is 1.62. The smallest absolute Gasteiger partial charge is 0.335 e. The van der Waals surface area contributed by atoms with E-state index in [-0.39, 0.29) is 23.5 Å². The van der Waals surface area contributed by atoms with Crippen LogP contribution in [0.3, 0.4) is 0 Å². The topological polar surface area (TPSA) is 127 Å². The minimum absolute atomic E-state index is 0. The number of unbranched alkanes of at least 4 members (excludes halogenated alkanes) is 1. The standard InChI is InChI=1S/C23H22N6O3.ClH/c1-2-3-6-17-11-16(23(31)32)12-21(30)29(17)14-15-9-10-20(24-13-15)18-7-4-5-8-19(18)22-25-27-28-26-22;/h4-5,7-13H,2-3,6,14H2,1H3,(H,31,32)(H,25,26,27,28);1H. The predicted molar refractivity (Wildman–Crippen MR) is 125 cm³/mol. The Balaban J connectivity index is 0.00000306. The number of aromatic carboxylic acids is 1. The number of nitrogens with one attached hydrogen (secondary N) is 1. The van der Waals surface area contributed by atoms with Gasteiger partial charge >= 0.3 is 5.97 Å². The van der Waals surface area contributed by atoms with E-state index >= 15 is 0 Å². The number of aryl methyl sites for hydroxylation is 1. The summed E-state index contributed by atoms with van der Waals surface area (Å²) in [6.45, 7) is 2.37. The van der Waals surface area contributed by atoms with Gasteiger partial charge in [0.25, 0.3) is 5.56 Å². The second-order valence-electron chi connectivity index (χ2n) is 7.42. The predicted octanol–water partition coefficient (Wildman–Crippen LogP) is 3.60. The van der Waals surface area contributed by atoms with Crippen molar-refractivity contribution in [3.8, 4) is 22.6 Å². The zero-order valence-corrected chi connectivity index (χ0v) is 18.7. The fourth-order valence-electron chi connectivity index (χ4n) is 3.57. The molecule has 4 rings (SSSR count). The van der Waals surface area contributed by atoms with Gasteiger partial charge < -0.3 is 9.67 Å². The number of aromatic amines is 1. The Morgan fingerprint density at radius 1 is 1.12 bits per heavy atom. The summed E-state index contributed by atoms with van der Waals surface area (Å²) >= 11 is 0. The molecular formula is C23H23ClN6O3. The highest BCUT2D eigenvalue weighted by atomic mass is 35.5. The maximum absolute atomic E-state index is 12.7. The van der Waals surface area contributed by atoms with E-state index < -0.39 is 5.97 Å². The molecule has 33 heavy (non-hydrogen) atoms. The summed E-state index contributed by atoms with van der Waals surface area (Å²) in [4.78, 5) is 28.6. The number of carboxylic acid groups (broad SMARTS) is 1. The zero-order valence-electron chi connectivity index (χ0n) is 17.9. The minimum Gasteiger partial charge on any atom is -0.478 e. The monoisotopic (exact) mass is 466 g/mol. The van der Waals surface area contributed by atoms with Crippen molar-refractivity contribution in [2.24, 2.45) is 0 Å². The largest absolute Gasteiger partial charge is 0.478 e. The van der Waals surface area contributed by atoms with Crippen LogP contribution in [0.15, 0.2) is 59.5 Å². The van der Waals surface area contributed by atoms with E-state index in [0.717, 1.165) is 35.2 Å². The molecule has 2 N–H and O–H groups in total. The van der Waals surface area contributed by atoms with E-state index in [4.69, 9.17) is 0 Å². The summed E-state index contributed by atoms with van der Waals surface area (Å²) in [5.74, 6) is -0.546. The van der Waals surface area contributed by atoms with Gasteiger partial charge in [0.1, 0.15) is 0 Å². The number of H-pyrrole nitrogens is 1. The molecule has 10 heteroatoms. The molecule has 0 unspecified atom stereocenters. The van der Waals surface area contributed by atoms with Crippen molar-refractivity contribution in [1.29, 1.82) is 0 Å². The lowest BCUT2D eigenvalue weighted by atomic mass is 10.0. The van der Waals surface area contributed by atoms with Crippen LogP contribution in [0, 0.1) is 0 Å². The lowest BCUT2D eigenvalue weighted by Crippen LogP contribution is -2.25. The van der Waals surface area contributed by atoms with Gasteiger partial charge in [-0.25, -0.2) is 9.89 Å². The van der Waals surface area contributed by atoms with Crippen LogP contribution in [0.5, 0.6) is 0 Å². The molecule has 170 valence electrons. The van der Waals surface area contributed by atoms with Crippen LogP contribution in [0.2, 0.25) is 0 Å². The number of carboxylic acids is 1. The summed E-state index contributed by atoms with van der Waals surface area (Å²) in [5.41, 5.74) is 3.71. The van der Waals surface area contributed by atoms with Crippen LogP contribution >= 0.6 is 12.4 Å². The van der Waals surface area contributed by atoms with Crippen molar-refractivity contribution in [3.63, 3.8) is 0 Å². The Hall–Kier alpha value is -3.85. The maximum atomic E-state index is 12.7. The van der Waals surface area contributed by atoms with Crippen LogP contribution in [0.25, 0.3) is 22.6 Å². The van der Waals surface area contributed by atoms with Gasteiger partial charge in [-0.1, -0.05) is 43.7 Å². The fraction of sp³-hybridized carbons (Fsp3) is 0.217. The summed E-state index contributed by atoms with van der Waals surface area (Å²) in [6, 6.07) is 14.2. The van der Waals surface area contributed by atoms with E-state index in [1.807, 2.05) is 36.4 Å². The second-order valence-corrected chi connectivity index (χ2v) is 7.42. The zero-order chi connectivity index (χ0) is 22.5. The van der Waals surface area contributed by atoms with E-state index in [1.165, 1.54) is 6.07 Å². The molecule has 3 heterocycles. The molecule has 0 amide bonds. The molecule has 4 aromatic rings. The third-order valence-corrected chi connectivity index (χ3v) is 5.22. The van der Waals surface area contributed by atoms with Crippen molar-refractivity contribution in [1.82, 2.24) is 30.2 Å². The van der Waals surface area contributed by atoms with Crippen LogP contribution in [-0.2, 0) is 13.0 Å². The Morgan fingerprint density at radius 2 is 1.91 bits per heavy atom. The molecule has 0 bridgehead atoms. The number of halogens is 1. The van der Waals surface area contributed by atoms with Gasteiger partial charge in [0, 0.05) is 29.1 Å². The highest BCUT2D eigenvalue weighted by molar-refractivity contribution is 5.87. The Labute approximate surface area is 195 Å². The van der Waals surface area contributed by atoms with Gasteiger partial charge in [-0.15, -0.1) is 17.5 Å². The molecule has 9 nitrogen and oxygen atoms in total. The summed E-state index contributed by atoms with van der Waals surface area (Å²) in [5, 5.41) is 23.3. The van der Waals surface area contributed by atoms with Crippen LogP contribution in [-0.4, -0.2) is 41.3 Å². The number of hydrogen-bond acceptors (Lipinski definition) is 6. The number of nitrogens with zero attached hydrogens (tertiary/aromatic N) is 5. The number of hydrogen-bond donors (Lipinski definition) is 2. The van der Waals surface area contributed by atoms with Gasteiger partial charge in [-0.05, 0) is 41.0 Å². The van der Waals surface area contributed by atoms with E-state index in [0.29, 0.717) is 24.5 Å². The fourth-order valence-corrected chi connectivity index (χ4v) is 3.57. The van der Waals surface area contributed by atoms with E-state index in [1.54, 1.807) is 16.8 Å². The van der Waals surface area contributed by atoms with Crippen LogP contribution < -0.4 is 5.56 Å². The molecule has 0 spiro atoms. The lowest BCUT2D eigenvalue weighted by Gasteiger charge is -2.14. The molecule has 3 aromatic heterocycles. The van der Waals surface area contributed by atoms with Crippen LogP contribution in [0.4, 0.5) is 0 Å². The molecular weight excluding hydrogens is 444 g/mol. The molecule has 0 saturated heterocycles. The summed E-state index contributed by atoms with van der Waals surface area (Å²) in [7, 11) is 0. The average Bonchev–Trinajstić information content (AvgIpc) is 3.34. The number of benzene rings is 1. The quantitative estimate of drug-likeness (QED) is 0.406. The maximum Gasteiger partial charge on any atom is 0.335 e. The Morgan fingerprint density at radius 3 is 2.55 bits per heavy atom. The number of tetrazole rings is 1. The van der Waals surface area contributed by atoms with Crippen LogP contribution in [0.1, 0.15) is 41.4 Å². The third-order valence-electron chi connectivity index (χ3n) is 5.22. The molecule has 0 aliphatic rings. The van der Waals surface area contributed by atoms with Crippen molar-refractivity contribution < 1.29 is 9.90 Å². The lowest BCUT2D eigenvalue weighted by molar-refractivity contribution is 0.0696.